The van der Waals surface area contributed by atoms with Crippen molar-refractivity contribution < 1.29 is 23.7 Å². The van der Waals surface area contributed by atoms with Crippen LogP contribution >= 0.6 is 0 Å². The van der Waals surface area contributed by atoms with Crippen LogP contribution in [0.1, 0.15) is 47.3 Å². The molecule has 7 heteroatoms. The number of aromatic nitrogens is 1. The molecule has 3 heterocycles. The molecule has 1 aromatic heterocycles. The second-order valence-corrected chi connectivity index (χ2v) is 8.30. The van der Waals surface area contributed by atoms with Crippen LogP contribution in [0.3, 0.4) is 0 Å². The zero-order valence-electron chi connectivity index (χ0n) is 19.2. The highest BCUT2D eigenvalue weighted by Crippen LogP contribution is 2.39. The van der Waals surface area contributed by atoms with Crippen molar-refractivity contribution in [1.82, 2.24) is 9.88 Å². The molecular weight excluding hydrogens is 432 g/mol. The highest BCUT2D eigenvalue weighted by molar-refractivity contribution is 5.95. The Kier molecular flexibility index (Phi) is 6.51. The average Bonchev–Trinajstić information content (AvgIpc) is 3.38. The summed E-state index contributed by atoms with van der Waals surface area (Å²) >= 11 is 0. The molecule has 0 spiro atoms. The zero-order valence-corrected chi connectivity index (χ0v) is 19.2. The number of carbonyl (C=O) groups excluding carboxylic acids is 1. The second-order valence-electron chi connectivity index (χ2n) is 8.30. The average molecular weight is 461 g/mol. The van der Waals surface area contributed by atoms with E-state index in [0.29, 0.717) is 50.0 Å². The van der Waals surface area contributed by atoms with Gasteiger partial charge in [-0.3, -0.25) is 9.78 Å². The van der Waals surface area contributed by atoms with Gasteiger partial charge in [-0.05, 0) is 73.4 Å². The monoisotopic (exact) mass is 460 g/mol. The molecule has 0 saturated carbocycles. The Labute approximate surface area is 199 Å². The number of ether oxygens (including phenoxy) is 4. The van der Waals surface area contributed by atoms with Gasteiger partial charge in [0.2, 0.25) is 0 Å². The summed E-state index contributed by atoms with van der Waals surface area (Å²) in [7, 11) is 0. The molecule has 0 bridgehead atoms. The third-order valence-corrected chi connectivity index (χ3v) is 6.10. The quantitative estimate of drug-likeness (QED) is 0.504. The van der Waals surface area contributed by atoms with Crippen LogP contribution in [0.25, 0.3) is 0 Å². The van der Waals surface area contributed by atoms with Gasteiger partial charge in [-0.25, -0.2) is 0 Å². The number of fused-ring (bicyclic) bond motifs is 1. The van der Waals surface area contributed by atoms with Crippen molar-refractivity contribution in [2.24, 2.45) is 0 Å². The van der Waals surface area contributed by atoms with Gasteiger partial charge in [0.25, 0.3) is 5.91 Å². The van der Waals surface area contributed by atoms with E-state index in [1.807, 2.05) is 54.3 Å². The standard InChI is InChI=1S/C27H28N2O5/c1-2-31-25-17-21(6-8-24(25)34-18-19-9-11-28-12-10-19)27(30)29-13-3-4-22(29)20-5-7-23-26(16-20)33-15-14-32-23/h5-12,16-17,22H,2-4,13-15,18H2,1H3/t22-/m1/s1. The topological polar surface area (TPSA) is 70.1 Å². The third kappa shape index (κ3) is 4.64. The van der Waals surface area contributed by atoms with E-state index in [9.17, 15) is 4.79 Å². The summed E-state index contributed by atoms with van der Waals surface area (Å²) in [5, 5.41) is 0. The van der Waals surface area contributed by atoms with Gasteiger partial charge in [-0.2, -0.15) is 0 Å². The molecule has 2 aromatic carbocycles. The first-order valence-electron chi connectivity index (χ1n) is 11.7. The lowest BCUT2D eigenvalue weighted by Crippen LogP contribution is -2.30. The van der Waals surface area contributed by atoms with Gasteiger partial charge in [0.05, 0.1) is 12.6 Å². The minimum Gasteiger partial charge on any atom is -0.490 e. The van der Waals surface area contributed by atoms with Crippen LogP contribution < -0.4 is 18.9 Å². The first kappa shape index (κ1) is 22.1. The fourth-order valence-electron chi connectivity index (χ4n) is 4.46. The van der Waals surface area contributed by atoms with Gasteiger partial charge >= 0.3 is 0 Å². The predicted octanol–water partition coefficient (Wildman–Crippen LogP) is 4.81. The number of hydrogen-bond donors (Lipinski definition) is 0. The molecule has 1 amide bonds. The Morgan fingerprint density at radius 3 is 2.65 bits per heavy atom. The second kappa shape index (κ2) is 10.0. The van der Waals surface area contributed by atoms with E-state index < -0.39 is 0 Å². The molecule has 1 atom stereocenters. The van der Waals surface area contributed by atoms with Gasteiger partial charge < -0.3 is 23.8 Å². The molecule has 0 unspecified atom stereocenters. The molecule has 2 aliphatic rings. The normalized spacial score (nSPS) is 16.9. The predicted molar refractivity (Wildman–Crippen MR) is 127 cm³/mol. The molecule has 0 N–H and O–H groups in total. The van der Waals surface area contributed by atoms with Crippen molar-refractivity contribution in [1.29, 1.82) is 0 Å². The molecule has 3 aromatic rings. The lowest BCUT2D eigenvalue weighted by Gasteiger charge is -2.27. The van der Waals surface area contributed by atoms with Gasteiger partial charge in [0.15, 0.2) is 23.0 Å². The van der Waals surface area contributed by atoms with Crippen LogP contribution in [0.15, 0.2) is 60.9 Å². The van der Waals surface area contributed by atoms with E-state index >= 15 is 0 Å². The van der Waals surface area contributed by atoms with Crippen LogP contribution in [0.4, 0.5) is 0 Å². The summed E-state index contributed by atoms with van der Waals surface area (Å²) in [4.78, 5) is 19.5. The highest BCUT2D eigenvalue weighted by atomic mass is 16.6. The molecule has 0 radical (unpaired) electrons. The molecule has 0 aliphatic carbocycles. The number of nitrogens with zero attached hydrogens (tertiary/aromatic N) is 2. The number of rotatable bonds is 7. The van der Waals surface area contributed by atoms with Gasteiger partial charge in [0, 0.05) is 24.5 Å². The molecule has 2 aliphatic heterocycles. The fourth-order valence-corrected chi connectivity index (χ4v) is 4.46. The number of hydrogen-bond acceptors (Lipinski definition) is 6. The lowest BCUT2D eigenvalue weighted by molar-refractivity contribution is 0.0734. The van der Waals surface area contributed by atoms with Gasteiger partial charge in [-0.15, -0.1) is 0 Å². The van der Waals surface area contributed by atoms with E-state index in [4.69, 9.17) is 18.9 Å². The number of benzene rings is 2. The lowest BCUT2D eigenvalue weighted by atomic mass is 10.0. The summed E-state index contributed by atoms with van der Waals surface area (Å²) < 4.78 is 23.2. The summed E-state index contributed by atoms with van der Waals surface area (Å²) in [5.41, 5.74) is 2.67. The fraction of sp³-hybridized carbons (Fsp3) is 0.333. The highest BCUT2D eigenvalue weighted by Gasteiger charge is 2.32. The molecule has 7 nitrogen and oxygen atoms in total. The minimum absolute atomic E-state index is 0.00138. The van der Waals surface area contributed by atoms with E-state index in [1.54, 1.807) is 18.5 Å². The van der Waals surface area contributed by atoms with E-state index in [-0.39, 0.29) is 11.9 Å². The number of carbonyl (C=O) groups is 1. The van der Waals surface area contributed by atoms with Crippen molar-refractivity contribution in [2.45, 2.75) is 32.4 Å². The largest absolute Gasteiger partial charge is 0.490 e. The van der Waals surface area contributed by atoms with Crippen molar-refractivity contribution in [3.05, 3.63) is 77.6 Å². The van der Waals surface area contributed by atoms with Crippen LogP contribution in [0.5, 0.6) is 23.0 Å². The zero-order chi connectivity index (χ0) is 23.3. The van der Waals surface area contributed by atoms with Crippen molar-refractivity contribution in [3.63, 3.8) is 0 Å². The Balaban J connectivity index is 1.35. The summed E-state index contributed by atoms with van der Waals surface area (Å²) in [5.74, 6) is 2.67. The maximum atomic E-state index is 13.5. The SMILES string of the molecule is CCOc1cc(C(=O)N2CCC[C@@H]2c2ccc3c(c2)OCCO3)ccc1OCc1ccncc1. The summed E-state index contributed by atoms with van der Waals surface area (Å²) in [6, 6.07) is 15.2. The van der Waals surface area contributed by atoms with Crippen LogP contribution in [0, 0.1) is 0 Å². The van der Waals surface area contributed by atoms with Crippen molar-refractivity contribution in [3.8, 4) is 23.0 Å². The Morgan fingerprint density at radius 1 is 1.00 bits per heavy atom. The van der Waals surface area contributed by atoms with E-state index in [1.165, 1.54) is 0 Å². The first-order valence-corrected chi connectivity index (χ1v) is 11.7. The summed E-state index contributed by atoms with van der Waals surface area (Å²) in [6.45, 7) is 4.60. The van der Waals surface area contributed by atoms with Crippen LogP contribution in [-0.4, -0.2) is 42.2 Å². The third-order valence-electron chi connectivity index (χ3n) is 6.10. The van der Waals surface area contributed by atoms with Crippen LogP contribution in [0.2, 0.25) is 0 Å². The molecular formula is C27H28N2O5. The number of pyridine rings is 1. The Morgan fingerprint density at radius 2 is 1.82 bits per heavy atom. The molecule has 34 heavy (non-hydrogen) atoms. The first-order chi connectivity index (χ1) is 16.7. The molecule has 5 rings (SSSR count). The molecule has 176 valence electrons. The Bertz CT molecular complexity index is 1150. The molecule has 1 saturated heterocycles. The maximum absolute atomic E-state index is 13.5. The summed E-state index contributed by atoms with van der Waals surface area (Å²) in [6.07, 6.45) is 5.34. The minimum atomic E-state index is -0.0148. The molecule has 1 fully saturated rings. The van der Waals surface area contributed by atoms with E-state index in [0.717, 1.165) is 35.5 Å². The van der Waals surface area contributed by atoms with Crippen molar-refractivity contribution >= 4 is 5.91 Å². The van der Waals surface area contributed by atoms with E-state index in [2.05, 4.69) is 4.98 Å². The number of likely N-dealkylation sites (tertiary alicyclic amines) is 1. The Hall–Kier alpha value is -3.74. The smallest absolute Gasteiger partial charge is 0.254 e. The number of amides is 1. The maximum Gasteiger partial charge on any atom is 0.254 e. The van der Waals surface area contributed by atoms with Gasteiger partial charge in [0.1, 0.15) is 19.8 Å². The van der Waals surface area contributed by atoms with Crippen LogP contribution in [-0.2, 0) is 6.61 Å². The van der Waals surface area contributed by atoms with Gasteiger partial charge in [-0.1, -0.05) is 6.07 Å². The van der Waals surface area contributed by atoms with Crippen molar-refractivity contribution in [2.75, 3.05) is 26.4 Å².